The lowest BCUT2D eigenvalue weighted by molar-refractivity contribution is -0.121. The fraction of sp³-hybridized carbons (Fsp3) is 0.217. The van der Waals surface area contributed by atoms with E-state index in [-0.39, 0.29) is 11.4 Å². The van der Waals surface area contributed by atoms with E-state index in [1.807, 2.05) is 53.3 Å². The van der Waals surface area contributed by atoms with Crippen molar-refractivity contribution in [1.82, 2.24) is 14.8 Å². The lowest BCUT2D eigenvalue weighted by Gasteiger charge is -2.15. The SMILES string of the molecule is CC(C)(C)C(=O)/C(C#N)=C/c1cn(Cc2ccccc2)nc1-c1cccnc1. The van der Waals surface area contributed by atoms with Gasteiger partial charge in [-0.1, -0.05) is 51.1 Å². The van der Waals surface area contributed by atoms with Crippen molar-refractivity contribution >= 4 is 11.9 Å². The third kappa shape index (κ3) is 4.41. The van der Waals surface area contributed by atoms with Crippen LogP contribution in [-0.4, -0.2) is 20.5 Å². The predicted molar refractivity (Wildman–Crippen MR) is 109 cm³/mol. The van der Waals surface area contributed by atoms with Gasteiger partial charge in [-0.25, -0.2) is 0 Å². The highest BCUT2D eigenvalue weighted by molar-refractivity contribution is 6.06. The van der Waals surface area contributed by atoms with E-state index in [1.165, 1.54) is 0 Å². The van der Waals surface area contributed by atoms with E-state index in [2.05, 4.69) is 11.1 Å². The average molecular weight is 370 g/mol. The Hall–Kier alpha value is -3.52. The molecule has 2 heterocycles. The minimum atomic E-state index is -0.629. The molecule has 5 nitrogen and oxygen atoms in total. The van der Waals surface area contributed by atoms with Gasteiger partial charge < -0.3 is 0 Å². The molecule has 28 heavy (non-hydrogen) atoms. The number of rotatable bonds is 5. The molecule has 0 N–H and O–H groups in total. The Morgan fingerprint density at radius 3 is 2.54 bits per heavy atom. The summed E-state index contributed by atoms with van der Waals surface area (Å²) in [5.41, 5.74) is 2.86. The molecule has 1 aromatic carbocycles. The normalized spacial score (nSPS) is 11.9. The molecule has 0 spiro atoms. The summed E-state index contributed by atoms with van der Waals surface area (Å²) in [6.45, 7) is 6.02. The zero-order chi connectivity index (χ0) is 20.1. The van der Waals surface area contributed by atoms with E-state index in [1.54, 1.807) is 39.2 Å². The number of nitrogens with zero attached hydrogens (tertiary/aromatic N) is 4. The van der Waals surface area contributed by atoms with Gasteiger partial charge in [-0.05, 0) is 23.8 Å². The average Bonchev–Trinajstić information content (AvgIpc) is 3.08. The van der Waals surface area contributed by atoms with Gasteiger partial charge in [0.05, 0.1) is 12.1 Å². The Morgan fingerprint density at radius 2 is 1.93 bits per heavy atom. The van der Waals surface area contributed by atoms with Crippen molar-refractivity contribution in [2.75, 3.05) is 0 Å². The van der Waals surface area contributed by atoms with Crippen molar-refractivity contribution in [3.8, 4) is 17.3 Å². The van der Waals surface area contributed by atoms with Crippen LogP contribution in [0.1, 0.15) is 31.9 Å². The number of benzene rings is 1. The highest BCUT2D eigenvalue weighted by atomic mass is 16.1. The van der Waals surface area contributed by atoms with Crippen LogP contribution >= 0.6 is 0 Å². The summed E-state index contributed by atoms with van der Waals surface area (Å²) >= 11 is 0. The van der Waals surface area contributed by atoms with Gasteiger partial charge in [-0.15, -0.1) is 0 Å². The number of Topliss-reactive ketones (excluding diaryl/α,β-unsaturated/α-hetero) is 1. The third-order valence-corrected chi connectivity index (χ3v) is 4.26. The smallest absolute Gasteiger partial charge is 0.178 e. The molecule has 0 fully saturated rings. The summed E-state index contributed by atoms with van der Waals surface area (Å²) in [6, 6.07) is 15.8. The Kier molecular flexibility index (Phi) is 5.51. The maximum absolute atomic E-state index is 12.6. The summed E-state index contributed by atoms with van der Waals surface area (Å²) in [7, 11) is 0. The number of ketones is 1. The minimum absolute atomic E-state index is 0.122. The molecule has 0 saturated carbocycles. The molecule has 0 radical (unpaired) electrons. The molecule has 0 saturated heterocycles. The molecule has 140 valence electrons. The van der Waals surface area contributed by atoms with E-state index >= 15 is 0 Å². The van der Waals surface area contributed by atoms with Crippen molar-refractivity contribution in [2.45, 2.75) is 27.3 Å². The fourth-order valence-electron chi connectivity index (χ4n) is 2.83. The standard InChI is InChI=1S/C23H22N4O/c1-23(2,3)22(28)19(13-24)12-20-16-27(15-17-8-5-4-6-9-17)26-21(20)18-10-7-11-25-14-18/h4-12,14,16H,15H2,1-3H3/b19-12+. The maximum Gasteiger partial charge on any atom is 0.178 e. The molecule has 0 aliphatic carbocycles. The van der Waals surface area contributed by atoms with Gasteiger partial charge in [0.2, 0.25) is 0 Å². The minimum Gasteiger partial charge on any atom is -0.293 e. The van der Waals surface area contributed by atoms with E-state index in [0.717, 1.165) is 16.7 Å². The first-order valence-electron chi connectivity index (χ1n) is 9.07. The lowest BCUT2D eigenvalue weighted by Crippen LogP contribution is -2.21. The number of carbonyl (C=O) groups excluding carboxylic acids is 1. The van der Waals surface area contributed by atoms with Crippen molar-refractivity contribution in [1.29, 1.82) is 5.26 Å². The van der Waals surface area contributed by atoms with E-state index < -0.39 is 5.41 Å². The van der Waals surface area contributed by atoms with Crippen LogP contribution in [0.15, 0.2) is 66.6 Å². The lowest BCUT2D eigenvalue weighted by atomic mass is 9.86. The van der Waals surface area contributed by atoms with Crippen molar-refractivity contribution in [2.24, 2.45) is 5.41 Å². The van der Waals surface area contributed by atoms with Crippen LogP contribution < -0.4 is 0 Å². The largest absolute Gasteiger partial charge is 0.293 e. The Bertz CT molecular complexity index is 1040. The van der Waals surface area contributed by atoms with E-state index in [4.69, 9.17) is 5.10 Å². The van der Waals surface area contributed by atoms with Crippen LogP contribution in [-0.2, 0) is 11.3 Å². The van der Waals surface area contributed by atoms with Crippen LogP contribution in [0.4, 0.5) is 0 Å². The molecular weight excluding hydrogens is 348 g/mol. The van der Waals surface area contributed by atoms with Gasteiger partial charge in [0, 0.05) is 35.1 Å². The third-order valence-electron chi connectivity index (χ3n) is 4.26. The topological polar surface area (TPSA) is 71.6 Å². The number of aromatic nitrogens is 3. The van der Waals surface area contributed by atoms with Crippen LogP contribution in [0.2, 0.25) is 0 Å². The van der Waals surface area contributed by atoms with E-state index in [0.29, 0.717) is 12.2 Å². The number of carbonyl (C=O) groups is 1. The second-order valence-electron chi connectivity index (χ2n) is 7.61. The number of pyridine rings is 1. The maximum atomic E-state index is 12.6. The first kappa shape index (κ1) is 19.2. The molecule has 0 amide bonds. The number of nitriles is 1. The van der Waals surface area contributed by atoms with Crippen molar-refractivity contribution in [3.05, 3.63) is 77.8 Å². The van der Waals surface area contributed by atoms with Gasteiger partial charge in [-0.3, -0.25) is 14.5 Å². The molecule has 0 bridgehead atoms. The van der Waals surface area contributed by atoms with Crippen LogP contribution in [0.5, 0.6) is 0 Å². The summed E-state index contributed by atoms with van der Waals surface area (Å²) < 4.78 is 1.82. The number of allylic oxidation sites excluding steroid dienone is 1. The molecule has 0 aliphatic rings. The van der Waals surface area contributed by atoms with Gasteiger partial charge >= 0.3 is 0 Å². The monoisotopic (exact) mass is 370 g/mol. The Morgan fingerprint density at radius 1 is 1.18 bits per heavy atom. The molecule has 2 aromatic heterocycles. The fourth-order valence-corrected chi connectivity index (χ4v) is 2.83. The predicted octanol–water partition coefficient (Wildman–Crippen LogP) is 4.52. The Labute approximate surface area is 165 Å². The summed E-state index contributed by atoms with van der Waals surface area (Å²) in [4.78, 5) is 16.8. The second-order valence-corrected chi connectivity index (χ2v) is 7.61. The van der Waals surface area contributed by atoms with Crippen LogP contribution in [0, 0.1) is 16.7 Å². The quantitative estimate of drug-likeness (QED) is 0.489. The first-order chi connectivity index (χ1) is 13.4. The summed E-state index contributed by atoms with van der Waals surface area (Å²) in [5.74, 6) is -0.192. The molecule has 3 aromatic rings. The molecule has 0 aliphatic heterocycles. The highest BCUT2D eigenvalue weighted by Crippen LogP contribution is 2.26. The van der Waals surface area contributed by atoms with Gasteiger partial charge in [-0.2, -0.15) is 10.4 Å². The molecule has 0 atom stereocenters. The van der Waals surface area contributed by atoms with Gasteiger partial charge in [0.1, 0.15) is 11.8 Å². The summed E-state index contributed by atoms with van der Waals surface area (Å²) in [5, 5.41) is 14.2. The molecule has 3 rings (SSSR count). The number of hydrogen-bond donors (Lipinski definition) is 0. The first-order valence-corrected chi connectivity index (χ1v) is 9.07. The second kappa shape index (κ2) is 8.01. The van der Waals surface area contributed by atoms with Crippen molar-refractivity contribution < 1.29 is 4.79 Å². The summed E-state index contributed by atoms with van der Waals surface area (Å²) in [6.07, 6.45) is 6.92. The zero-order valence-corrected chi connectivity index (χ0v) is 16.3. The Balaban J connectivity index is 2.07. The van der Waals surface area contributed by atoms with E-state index in [9.17, 15) is 10.1 Å². The zero-order valence-electron chi connectivity index (χ0n) is 16.3. The molecule has 5 heteroatoms. The van der Waals surface area contributed by atoms with Gasteiger partial charge in [0.25, 0.3) is 0 Å². The van der Waals surface area contributed by atoms with Crippen LogP contribution in [0.25, 0.3) is 17.3 Å². The highest BCUT2D eigenvalue weighted by Gasteiger charge is 2.25. The number of hydrogen-bond acceptors (Lipinski definition) is 4. The molecule has 0 unspecified atom stereocenters. The van der Waals surface area contributed by atoms with Gasteiger partial charge in [0.15, 0.2) is 5.78 Å². The molecular formula is C23H22N4O. The van der Waals surface area contributed by atoms with Crippen molar-refractivity contribution in [3.63, 3.8) is 0 Å². The van der Waals surface area contributed by atoms with Crippen LogP contribution in [0.3, 0.4) is 0 Å².